The summed E-state index contributed by atoms with van der Waals surface area (Å²) in [5, 5.41) is 3.41. The molecule has 1 N–H and O–H groups in total. The van der Waals surface area contributed by atoms with Gasteiger partial charge in [-0.25, -0.2) is 0 Å². The number of carbonyl (C=O) groups excluding carboxylic acids is 1. The summed E-state index contributed by atoms with van der Waals surface area (Å²) < 4.78 is 0. The molecule has 1 amide bonds. The highest BCUT2D eigenvalue weighted by molar-refractivity contribution is 6.40. The Hall–Kier alpha value is -0.990. The molecular weight excluding hydrogens is 221 g/mol. The second-order valence-corrected chi connectivity index (χ2v) is 3.53. The molecule has 0 heterocycles. The number of anilines is 1. The van der Waals surface area contributed by atoms with Crippen molar-refractivity contribution in [3.05, 3.63) is 40.4 Å². The molecule has 0 radical (unpaired) electrons. The van der Waals surface area contributed by atoms with Crippen LogP contribution in [0.4, 0.5) is 5.69 Å². The molecule has 1 aromatic carbocycles. The minimum atomic E-state index is -0.334. The molecule has 74 valence electrons. The van der Waals surface area contributed by atoms with Crippen LogP contribution < -0.4 is 5.32 Å². The summed E-state index contributed by atoms with van der Waals surface area (Å²) in [7, 11) is 0. The van der Waals surface area contributed by atoms with Crippen LogP contribution in [0.25, 0.3) is 0 Å². The van der Waals surface area contributed by atoms with Crippen LogP contribution in [-0.2, 0) is 4.79 Å². The maximum atomic E-state index is 11.1. The highest BCUT2D eigenvalue weighted by Gasteiger charge is 2.09. The molecule has 0 saturated heterocycles. The van der Waals surface area contributed by atoms with Gasteiger partial charge in [0, 0.05) is 0 Å². The maximum Gasteiger partial charge on any atom is 0.247 e. The van der Waals surface area contributed by atoms with Gasteiger partial charge in [-0.15, -0.1) is 0 Å². The van der Waals surface area contributed by atoms with E-state index in [4.69, 9.17) is 23.2 Å². The van der Waals surface area contributed by atoms with Crippen LogP contribution in [0, 0.1) is 6.92 Å². The van der Waals surface area contributed by atoms with Crippen LogP contribution in [0.15, 0.2) is 24.8 Å². The van der Waals surface area contributed by atoms with Gasteiger partial charge in [0.15, 0.2) is 0 Å². The first-order valence-corrected chi connectivity index (χ1v) is 4.70. The van der Waals surface area contributed by atoms with Gasteiger partial charge in [0.1, 0.15) is 0 Å². The third kappa shape index (κ3) is 2.28. The average Bonchev–Trinajstić information content (AvgIpc) is 2.18. The Labute approximate surface area is 92.5 Å². The van der Waals surface area contributed by atoms with Gasteiger partial charge in [0.05, 0.1) is 15.7 Å². The molecule has 14 heavy (non-hydrogen) atoms. The molecule has 0 fully saturated rings. The predicted octanol–water partition coefficient (Wildman–Crippen LogP) is 3.43. The van der Waals surface area contributed by atoms with Crippen molar-refractivity contribution in [2.75, 3.05) is 5.32 Å². The Kier molecular flexibility index (Phi) is 3.55. The molecule has 0 aliphatic rings. The molecule has 0 atom stereocenters. The minimum Gasteiger partial charge on any atom is -0.320 e. The Bertz CT molecular complexity index is 388. The van der Waals surface area contributed by atoms with Crippen molar-refractivity contribution in [3.63, 3.8) is 0 Å². The Balaban J connectivity index is 3.12. The Morgan fingerprint density at radius 3 is 2.71 bits per heavy atom. The van der Waals surface area contributed by atoms with Crippen molar-refractivity contribution >= 4 is 34.8 Å². The van der Waals surface area contributed by atoms with E-state index >= 15 is 0 Å². The van der Waals surface area contributed by atoms with Crippen LogP contribution in [0.1, 0.15) is 5.56 Å². The van der Waals surface area contributed by atoms with E-state index in [0.29, 0.717) is 15.7 Å². The van der Waals surface area contributed by atoms with Crippen LogP contribution >= 0.6 is 23.2 Å². The van der Waals surface area contributed by atoms with Gasteiger partial charge in [-0.05, 0) is 24.6 Å². The number of nitrogens with one attached hydrogen (secondary N) is 1. The van der Waals surface area contributed by atoms with Gasteiger partial charge in [0.25, 0.3) is 0 Å². The summed E-state index contributed by atoms with van der Waals surface area (Å²) in [6.07, 6.45) is 1.16. The molecule has 1 rings (SSSR count). The molecule has 2 nitrogen and oxygen atoms in total. The number of hydrogen-bond donors (Lipinski definition) is 1. The molecule has 0 aliphatic heterocycles. The number of rotatable bonds is 2. The first-order valence-electron chi connectivity index (χ1n) is 3.94. The Morgan fingerprint density at radius 1 is 1.50 bits per heavy atom. The van der Waals surface area contributed by atoms with E-state index in [1.165, 1.54) is 0 Å². The van der Waals surface area contributed by atoms with Crippen molar-refractivity contribution in [2.45, 2.75) is 6.92 Å². The highest BCUT2D eigenvalue weighted by Crippen LogP contribution is 2.32. The lowest BCUT2D eigenvalue weighted by Crippen LogP contribution is -2.08. The molecule has 0 unspecified atom stereocenters. The van der Waals surface area contributed by atoms with E-state index in [1.807, 2.05) is 6.92 Å². The normalized spacial score (nSPS) is 9.64. The third-order valence-corrected chi connectivity index (χ3v) is 2.52. The molecule has 0 aliphatic carbocycles. The third-order valence-electron chi connectivity index (χ3n) is 1.72. The van der Waals surface area contributed by atoms with E-state index in [-0.39, 0.29) is 5.91 Å². The number of hydrogen-bond acceptors (Lipinski definition) is 1. The van der Waals surface area contributed by atoms with E-state index in [0.717, 1.165) is 11.6 Å². The molecule has 0 aromatic heterocycles. The van der Waals surface area contributed by atoms with Crippen molar-refractivity contribution < 1.29 is 4.79 Å². The molecule has 1 aromatic rings. The number of aryl methyl sites for hydroxylation is 1. The summed E-state index contributed by atoms with van der Waals surface area (Å²) in [6, 6.07) is 3.47. The number of carbonyl (C=O) groups is 1. The van der Waals surface area contributed by atoms with Crippen LogP contribution in [-0.4, -0.2) is 5.91 Å². The SMILES string of the molecule is C=CC(=O)Nc1c(Cl)ccc(C)c1Cl. The van der Waals surface area contributed by atoms with Crippen molar-refractivity contribution in [1.82, 2.24) is 0 Å². The first-order chi connectivity index (χ1) is 6.56. The molecular formula is C10H9Cl2NO. The van der Waals surface area contributed by atoms with E-state index in [1.54, 1.807) is 12.1 Å². The fourth-order valence-electron chi connectivity index (χ4n) is 0.945. The molecule has 0 bridgehead atoms. The van der Waals surface area contributed by atoms with Crippen molar-refractivity contribution in [1.29, 1.82) is 0 Å². The fourth-order valence-corrected chi connectivity index (χ4v) is 1.41. The zero-order valence-corrected chi connectivity index (χ0v) is 9.12. The summed E-state index contributed by atoms with van der Waals surface area (Å²) in [6.45, 7) is 5.18. The standard InChI is InChI=1S/C10H9Cl2NO/c1-3-8(14)13-10-7(11)5-4-6(2)9(10)12/h3-5H,1H2,2H3,(H,13,14). The average molecular weight is 230 g/mol. The quantitative estimate of drug-likeness (QED) is 0.774. The number of amides is 1. The van der Waals surface area contributed by atoms with E-state index < -0.39 is 0 Å². The smallest absolute Gasteiger partial charge is 0.247 e. The van der Waals surface area contributed by atoms with Gasteiger partial charge < -0.3 is 5.32 Å². The number of halogens is 2. The zero-order valence-electron chi connectivity index (χ0n) is 7.60. The van der Waals surface area contributed by atoms with Crippen molar-refractivity contribution in [3.8, 4) is 0 Å². The highest BCUT2D eigenvalue weighted by atomic mass is 35.5. The predicted molar refractivity (Wildman–Crippen MR) is 60.0 cm³/mol. The maximum absolute atomic E-state index is 11.1. The lowest BCUT2D eigenvalue weighted by molar-refractivity contribution is -0.111. The lowest BCUT2D eigenvalue weighted by Gasteiger charge is -2.09. The summed E-state index contributed by atoms with van der Waals surface area (Å²) in [5.74, 6) is -0.334. The molecule has 0 saturated carbocycles. The fraction of sp³-hybridized carbons (Fsp3) is 0.100. The summed E-state index contributed by atoms with van der Waals surface area (Å²) in [5.41, 5.74) is 1.29. The zero-order chi connectivity index (χ0) is 10.7. The van der Waals surface area contributed by atoms with Gasteiger partial charge in [-0.1, -0.05) is 35.8 Å². The topological polar surface area (TPSA) is 29.1 Å². The molecule has 4 heteroatoms. The van der Waals surface area contributed by atoms with Crippen LogP contribution in [0.5, 0.6) is 0 Å². The summed E-state index contributed by atoms with van der Waals surface area (Å²) in [4.78, 5) is 11.1. The lowest BCUT2D eigenvalue weighted by atomic mass is 10.2. The largest absolute Gasteiger partial charge is 0.320 e. The van der Waals surface area contributed by atoms with E-state index in [9.17, 15) is 4.79 Å². The second kappa shape index (κ2) is 4.49. The molecule has 0 spiro atoms. The van der Waals surface area contributed by atoms with Gasteiger partial charge in [-0.2, -0.15) is 0 Å². The van der Waals surface area contributed by atoms with E-state index in [2.05, 4.69) is 11.9 Å². The van der Waals surface area contributed by atoms with Gasteiger partial charge >= 0.3 is 0 Å². The minimum absolute atomic E-state index is 0.334. The second-order valence-electron chi connectivity index (χ2n) is 2.75. The monoisotopic (exact) mass is 229 g/mol. The van der Waals surface area contributed by atoms with Crippen molar-refractivity contribution in [2.24, 2.45) is 0 Å². The van der Waals surface area contributed by atoms with Crippen LogP contribution in [0.2, 0.25) is 10.0 Å². The van der Waals surface area contributed by atoms with Gasteiger partial charge in [0.2, 0.25) is 5.91 Å². The Morgan fingerprint density at radius 2 is 2.14 bits per heavy atom. The van der Waals surface area contributed by atoms with Crippen LogP contribution in [0.3, 0.4) is 0 Å². The van der Waals surface area contributed by atoms with Gasteiger partial charge in [-0.3, -0.25) is 4.79 Å². The first kappa shape index (κ1) is 11.1. The summed E-state index contributed by atoms with van der Waals surface area (Å²) >= 11 is 11.8. The number of benzene rings is 1.